The molecule has 0 aromatic heterocycles. The zero-order valence-corrected chi connectivity index (χ0v) is 13.8. The predicted octanol–water partition coefficient (Wildman–Crippen LogP) is 2.88. The van der Waals surface area contributed by atoms with Crippen molar-refractivity contribution in [3.8, 4) is 11.5 Å². The Bertz CT molecular complexity index is 733. The molecule has 0 fully saturated rings. The Morgan fingerprint density at radius 2 is 2.04 bits per heavy atom. The summed E-state index contributed by atoms with van der Waals surface area (Å²) in [6.45, 7) is 2.55. The van der Waals surface area contributed by atoms with Gasteiger partial charge in [-0.05, 0) is 42.8 Å². The molecule has 3 N–H and O–H groups in total. The quantitative estimate of drug-likeness (QED) is 0.507. The van der Waals surface area contributed by atoms with Crippen LogP contribution in [0, 0.1) is 5.82 Å². The number of nitrogens with zero attached hydrogens (tertiary/aromatic N) is 1. The second kappa shape index (κ2) is 9.27. The molecule has 25 heavy (non-hydrogen) atoms. The summed E-state index contributed by atoms with van der Waals surface area (Å²) < 4.78 is 18.2. The third-order valence-electron chi connectivity index (χ3n) is 3.16. The highest BCUT2D eigenvalue weighted by Gasteiger charge is 2.03. The van der Waals surface area contributed by atoms with Crippen LogP contribution in [-0.4, -0.2) is 30.4 Å². The average molecular weight is 345 g/mol. The number of halogens is 1. The number of hydrogen-bond acceptors (Lipinski definition) is 5. The highest BCUT2D eigenvalue weighted by atomic mass is 19.1. The molecule has 0 radical (unpaired) electrons. The number of hydrazone groups is 1. The van der Waals surface area contributed by atoms with E-state index in [0.29, 0.717) is 23.6 Å². The number of hydrogen-bond donors (Lipinski definition) is 3. The lowest BCUT2D eigenvalue weighted by Crippen LogP contribution is -2.25. The fourth-order valence-electron chi connectivity index (χ4n) is 1.91. The van der Waals surface area contributed by atoms with Gasteiger partial charge in [-0.15, -0.1) is 0 Å². The lowest BCUT2D eigenvalue weighted by molar-refractivity contribution is -0.119. The largest absolute Gasteiger partial charge is 0.507 e. The van der Waals surface area contributed by atoms with Gasteiger partial charge in [0.1, 0.15) is 17.3 Å². The molecule has 0 bridgehead atoms. The molecule has 0 saturated heterocycles. The smallest absolute Gasteiger partial charge is 0.259 e. The summed E-state index contributed by atoms with van der Waals surface area (Å²) in [4.78, 5) is 11.7. The minimum atomic E-state index is -0.372. The van der Waals surface area contributed by atoms with E-state index in [1.54, 1.807) is 12.1 Å². The molecule has 0 aliphatic rings. The Morgan fingerprint density at radius 1 is 1.28 bits per heavy atom. The van der Waals surface area contributed by atoms with Gasteiger partial charge in [0.25, 0.3) is 5.91 Å². The molecule has 0 aliphatic carbocycles. The van der Waals surface area contributed by atoms with Gasteiger partial charge in [-0.25, -0.2) is 9.82 Å². The number of nitrogens with one attached hydrogen (secondary N) is 2. The number of aromatic hydroxyl groups is 1. The third kappa shape index (κ3) is 6.14. The summed E-state index contributed by atoms with van der Waals surface area (Å²) in [5.74, 6) is -0.131. The van der Waals surface area contributed by atoms with Crippen molar-refractivity contribution >= 4 is 17.8 Å². The van der Waals surface area contributed by atoms with Gasteiger partial charge in [-0.2, -0.15) is 5.10 Å². The highest BCUT2D eigenvalue weighted by Crippen LogP contribution is 2.22. The van der Waals surface area contributed by atoms with Crippen molar-refractivity contribution in [2.75, 3.05) is 18.5 Å². The molecule has 0 unspecified atom stereocenters. The molecule has 0 saturated carbocycles. The summed E-state index contributed by atoms with van der Waals surface area (Å²) >= 11 is 0. The molecular formula is C18H20FN3O3. The topological polar surface area (TPSA) is 83.0 Å². The molecule has 1 amide bonds. The maximum Gasteiger partial charge on any atom is 0.259 e. The predicted molar refractivity (Wildman–Crippen MR) is 94.5 cm³/mol. The number of phenols is 1. The van der Waals surface area contributed by atoms with E-state index in [2.05, 4.69) is 15.8 Å². The van der Waals surface area contributed by atoms with Gasteiger partial charge >= 0.3 is 0 Å². The van der Waals surface area contributed by atoms with Crippen LogP contribution in [0.1, 0.15) is 18.9 Å². The van der Waals surface area contributed by atoms with Crippen LogP contribution in [0.4, 0.5) is 10.1 Å². The van der Waals surface area contributed by atoms with E-state index in [-0.39, 0.29) is 24.0 Å². The summed E-state index contributed by atoms with van der Waals surface area (Å²) in [7, 11) is 0. The van der Waals surface area contributed by atoms with Crippen molar-refractivity contribution in [2.24, 2.45) is 5.10 Å². The number of ether oxygens (including phenoxy) is 1. The Balaban J connectivity index is 1.81. The van der Waals surface area contributed by atoms with Gasteiger partial charge in [-0.3, -0.25) is 4.79 Å². The van der Waals surface area contributed by atoms with E-state index in [4.69, 9.17) is 4.74 Å². The highest BCUT2D eigenvalue weighted by molar-refractivity contribution is 5.86. The molecule has 0 spiro atoms. The fraction of sp³-hybridized carbons (Fsp3) is 0.222. The Morgan fingerprint density at radius 3 is 2.72 bits per heavy atom. The lowest BCUT2D eigenvalue weighted by atomic mass is 10.2. The molecule has 2 rings (SSSR count). The normalized spacial score (nSPS) is 10.6. The van der Waals surface area contributed by atoms with E-state index in [1.165, 1.54) is 36.5 Å². The van der Waals surface area contributed by atoms with Crippen molar-refractivity contribution in [1.29, 1.82) is 0 Å². The van der Waals surface area contributed by atoms with Crippen molar-refractivity contribution in [3.63, 3.8) is 0 Å². The van der Waals surface area contributed by atoms with E-state index in [1.807, 2.05) is 6.92 Å². The maximum absolute atomic E-state index is 12.8. The van der Waals surface area contributed by atoms with Gasteiger partial charge in [0, 0.05) is 17.3 Å². The Kier molecular flexibility index (Phi) is 6.76. The lowest BCUT2D eigenvalue weighted by Gasteiger charge is -2.06. The number of anilines is 1. The molecule has 0 heterocycles. The fourth-order valence-corrected chi connectivity index (χ4v) is 1.91. The molecule has 132 valence electrons. The number of carbonyl (C=O) groups excluding carboxylic acids is 1. The van der Waals surface area contributed by atoms with Crippen LogP contribution in [0.5, 0.6) is 11.5 Å². The minimum absolute atomic E-state index is 0.0102. The average Bonchev–Trinajstić information content (AvgIpc) is 2.61. The minimum Gasteiger partial charge on any atom is -0.507 e. The van der Waals surface area contributed by atoms with Crippen LogP contribution in [0.3, 0.4) is 0 Å². The van der Waals surface area contributed by atoms with Crippen LogP contribution in [0.2, 0.25) is 0 Å². The van der Waals surface area contributed by atoms with Crippen molar-refractivity contribution < 1.29 is 19.0 Å². The van der Waals surface area contributed by atoms with Crippen LogP contribution in [-0.2, 0) is 4.79 Å². The van der Waals surface area contributed by atoms with Crippen molar-refractivity contribution in [1.82, 2.24) is 5.43 Å². The Labute approximate surface area is 145 Å². The summed E-state index contributed by atoms with van der Waals surface area (Å²) in [5, 5.41) is 16.5. The number of rotatable bonds is 8. The number of carbonyl (C=O) groups is 1. The van der Waals surface area contributed by atoms with Gasteiger partial charge < -0.3 is 15.2 Å². The van der Waals surface area contributed by atoms with Gasteiger partial charge in [0.2, 0.25) is 0 Å². The van der Waals surface area contributed by atoms with Crippen LogP contribution in [0.15, 0.2) is 47.6 Å². The standard InChI is InChI=1S/C18H20FN3O3/c1-2-9-25-16-8-3-13(17(23)10-16)11-21-22-18(24)12-20-15-6-4-14(19)5-7-15/h3-8,10-11,20,23H,2,9,12H2,1H3,(H,22,24)/b21-11+. The SMILES string of the molecule is CCCOc1ccc(/C=N/NC(=O)CNc2ccc(F)cc2)c(O)c1. The maximum atomic E-state index is 12.8. The van der Waals surface area contributed by atoms with E-state index in [9.17, 15) is 14.3 Å². The third-order valence-corrected chi connectivity index (χ3v) is 3.16. The van der Waals surface area contributed by atoms with Gasteiger partial charge in [0.05, 0.1) is 19.4 Å². The Hall–Kier alpha value is -3.09. The second-order valence-corrected chi connectivity index (χ2v) is 5.22. The first-order chi connectivity index (χ1) is 12.1. The first-order valence-electron chi connectivity index (χ1n) is 7.85. The molecule has 0 aliphatic heterocycles. The zero-order chi connectivity index (χ0) is 18.1. The number of phenolic OH excluding ortho intramolecular Hbond substituents is 1. The van der Waals surface area contributed by atoms with Gasteiger partial charge in [-0.1, -0.05) is 6.92 Å². The van der Waals surface area contributed by atoms with Crippen LogP contribution in [0.25, 0.3) is 0 Å². The molecule has 2 aromatic rings. The molecule has 2 aromatic carbocycles. The van der Waals surface area contributed by atoms with Crippen molar-refractivity contribution in [3.05, 3.63) is 53.8 Å². The van der Waals surface area contributed by atoms with E-state index in [0.717, 1.165) is 6.42 Å². The summed E-state index contributed by atoms with van der Waals surface area (Å²) in [6.07, 6.45) is 2.22. The van der Waals surface area contributed by atoms with Gasteiger partial charge in [0.15, 0.2) is 0 Å². The van der Waals surface area contributed by atoms with Crippen molar-refractivity contribution in [2.45, 2.75) is 13.3 Å². The summed E-state index contributed by atoms with van der Waals surface area (Å²) in [6, 6.07) is 10.5. The second-order valence-electron chi connectivity index (χ2n) is 5.22. The van der Waals surface area contributed by atoms with Crippen LogP contribution < -0.4 is 15.5 Å². The molecular weight excluding hydrogens is 325 g/mol. The molecule has 7 heteroatoms. The first kappa shape index (κ1) is 18.3. The molecule has 6 nitrogen and oxygen atoms in total. The first-order valence-corrected chi connectivity index (χ1v) is 7.85. The number of amides is 1. The van der Waals surface area contributed by atoms with E-state index >= 15 is 0 Å². The monoisotopic (exact) mass is 345 g/mol. The van der Waals surface area contributed by atoms with E-state index < -0.39 is 0 Å². The molecule has 0 atom stereocenters. The summed E-state index contributed by atoms with van der Waals surface area (Å²) in [5.41, 5.74) is 3.42. The number of benzene rings is 2. The zero-order valence-electron chi connectivity index (χ0n) is 13.8. The van der Waals surface area contributed by atoms with Crippen LogP contribution >= 0.6 is 0 Å².